The molecule has 2 aliphatic carbocycles. The number of carboxylic acid groups (broad SMARTS) is 1. The highest BCUT2D eigenvalue weighted by atomic mass is 16.4. The van der Waals surface area contributed by atoms with Gasteiger partial charge in [0.15, 0.2) is 5.82 Å². The van der Waals surface area contributed by atoms with Gasteiger partial charge >= 0.3 is 5.97 Å². The third-order valence-electron chi connectivity index (χ3n) is 4.56. The highest BCUT2D eigenvalue weighted by molar-refractivity contribution is 5.77. The Morgan fingerprint density at radius 3 is 2.68 bits per heavy atom. The first-order valence-electron chi connectivity index (χ1n) is 7.18. The molecule has 1 aromatic heterocycles. The van der Waals surface area contributed by atoms with Crippen molar-refractivity contribution >= 4 is 5.97 Å². The van der Waals surface area contributed by atoms with Crippen molar-refractivity contribution in [3.63, 3.8) is 0 Å². The van der Waals surface area contributed by atoms with E-state index < -0.39 is 11.4 Å². The van der Waals surface area contributed by atoms with E-state index >= 15 is 0 Å². The van der Waals surface area contributed by atoms with Gasteiger partial charge in [-0.2, -0.15) is 0 Å². The molecule has 1 heterocycles. The van der Waals surface area contributed by atoms with Crippen molar-refractivity contribution in [1.29, 1.82) is 0 Å². The van der Waals surface area contributed by atoms with Crippen molar-refractivity contribution in [1.82, 2.24) is 20.2 Å². The quantitative estimate of drug-likeness (QED) is 0.874. The summed E-state index contributed by atoms with van der Waals surface area (Å²) in [5.74, 6) is 0.810. The third kappa shape index (κ3) is 2.62. The van der Waals surface area contributed by atoms with Gasteiger partial charge in [0.2, 0.25) is 0 Å². The van der Waals surface area contributed by atoms with Crippen LogP contribution in [-0.2, 0) is 17.8 Å². The van der Waals surface area contributed by atoms with Crippen LogP contribution in [0.1, 0.15) is 50.8 Å². The summed E-state index contributed by atoms with van der Waals surface area (Å²) in [6, 6.07) is 0. The molecule has 0 aromatic carbocycles. The zero-order chi connectivity index (χ0) is 13.3. The molecule has 1 N–H and O–H groups in total. The molecule has 0 amide bonds. The molecule has 2 saturated carbocycles. The van der Waals surface area contributed by atoms with E-state index in [1.165, 1.54) is 32.1 Å². The normalized spacial score (nSPS) is 22.3. The molecule has 6 nitrogen and oxygen atoms in total. The maximum atomic E-state index is 11.2. The molecule has 0 bridgehead atoms. The Morgan fingerprint density at radius 1 is 1.32 bits per heavy atom. The lowest BCUT2D eigenvalue weighted by Crippen LogP contribution is -2.24. The number of hydrogen-bond donors (Lipinski definition) is 1. The van der Waals surface area contributed by atoms with E-state index in [0.29, 0.717) is 12.5 Å². The topological polar surface area (TPSA) is 80.9 Å². The number of tetrazole rings is 1. The van der Waals surface area contributed by atoms with Crippen molar-refractivity contribution in [2.45, 2.75) is 57.9 Å². The smallest absolute Gasteiger partial charge is 0.311 e. The first kappa shape index (κ1) is 12.6. The first-order chi connectivity index (χ1) is 9.20. The van der Waals surface area contributed by atoms with Gasteiger partial charge in [0.25, 0.3) is 0 Å². The van der Waals surface area contributed by atoms with E-state index in [2.05, 4.69) is 15.5 Å². The maximum Gasteiger partial charge on any atom is 0.311 e. The number of aromatic nitrogens is 4. The van der Waals surface area contributed by atoms with Crippen LogP contribution in [-0.4, -0.2) is 31.3 Å². The summed E-state index contributed by atoms with van der Waals surface area (Å²) in [5, 5.41) is 21.0. The largest absolute Gasteiger partial charge is 0.481 e. The van der Waals surface area contributed by atoms with Crippen molar-refractivity contribution < 1.29 is 9.90 Å². The number of aliphatic carboxylic acids is 1. The molecular formula is C13H20N4O2. The predicted octanol–water partition coefficient (Wildman–Crippen LogP) is 1.66. The molecule has 2 aliphatic rings. The minimum Gasteiger partial charge on any atom is -0.481 e. The number of nitrogens with zero attached hydrogens (tertiary/aromatic N) is 4. The standard InChI is InChI=1S/C13H20N4O2/c18-12(19)13(6-7-13)9-17-11(14-15-16-17)8-10-4-2-1-3-5-10/h10H,1-9H2,(H,18,19). The summed E-state index contributed by atoms with van der Waals surface area (Å²) in [6.07, 6.45) is 8.80. The highest BCUT2D eigenvalue weighted by Crippen LogP contribution is 2.47. The molecule has 104 valence electrons. The van der Waals surface area contributed by atoms with E-state index in [-0.39, 0.29) is 0 Å². The predicted molar refractivity (Wildman–Crippen MR) is 67.4 cm³/mol. The van der Waals surface area contributed by atoms with Gasteiger partial charge in [0, 0.05) is 6.42 Å². The summed E-state index contributed by atoms with van der Waals surface area (Å²) in [5.41, 5.74) is -0.601. The average molecular weight is 264 g/mol. The fraction of sp³-hybridized carbons (Fsp3) is 0.846. The Labute approximate surface area is 112 Å². The zero-order valence-electron chi connectivity index (χ0n) is 11.1. The number of hydrogen-bond acceptors (Lipinski definition) is 4. The number of carbonyl (C=O) groups is 1. The van der Waals surface area contributed by atoms with Crippen LogP contribution in [0.2, 0.25) is 0 Å². The van der Waals surface area contributed by atoms with Crippen LogP contribution < -0.4 is 0 Å². The second-order valence-electron chi connectivity index (χ2n) is 6.05. The fourth-order valence-electron chi connectivity index (χ4n) is 3.02. The van der Waals surface area contributed by atoms with Gasteiger partial charge in [-0.3, -0.25) is 4.79 Å². The van der Waals surface area contributed by atoms with E-state index in [4.69, 9.17) is 0 Å². The second-order valence-corrected chi connectivity index (χ2v) is 6.05. The number of carboxylic acids is 1. The van der Waals surface area contributed by atoms with E-state index in [1.54, 1.807) is 4.68 Å². The third-order valence-corrected chi connectivity index (χ3v) is 4.56. The van der Waals surface area contributed by atoms with Crippen LogP contribution >= 0.6 is 0 Å². The Morgan fingerprint density at radius 2 is 2.05 bits per heavy atom. The van der Waals surface area contributed by atoms with Gasteiger partial charge in [-0.25, -0.2) is 4.68 Å². The van der Waals surface area contributed by atoms with Crippen molar-refractivity contribution in [3.8, 4) is 0 Å². The van der Waals surface area contributed by atoms with E-state index in [9.17, 15) is 9.90 Å². The van der Waals surface area contributed by atoms with Crippen molar-refractivity contribution in [2.24, 2.45) is 11.3 Å². The van der Waals surface area contributed by atoms with Gasteiger partial charge in [-0.1, -0.05) is 32.1 Å². The van der Waals surface area contributed by atoms with Gasteiger partial charge < -0.3 is 5.11 Å². The van der Waals surface area contributed by atoms with Crippen LogP contribution in [0.5, 0.6) is 0 Å². The Hall–Kier alpha value is -1.46. The molecule has 0 aliphatic heterocycles. The molecule has 2 fully saturated rings. The summed E-state index contributed by atoms with van der Waals surface area (Å²) >= 11 is 0. The lowest BCUT2D eigenvalue weighted by atomic mass is 9.87. The van der Waals surface area contributed by atoms with E-state index in [1.807, 2.05) is 0 Å². The molecule has 19 heavy (non-hydrogen) atoms. The molecule has 0 unspecified atom stereocenters. The van der Waals surface area contributed by atoms with E-state index in [0.717, 1.165) is 25.1 Å². The zero-order valence-corrected chi connectivity index (χ0v) is 11.1. The Bertz CT molecular complexity index is 461. The average Bonchev–Trinajstić information content (AvgIpc) is 3.07. The maximum absolute atomic E-state index is 11.2. The molecular weight excluding hydrogens is 244 g/mol. The van der Waals surface area contributed by atoms with Crippen LogP contribution in [0.4, 0.5) is 0 Å². The van der Waals surface area contributed by atoms with Gasteiger partial charge in [0.1, 0.15) is 0 Å². The van der Waals surface area contributed by atoms with Gasteiger partial charge in [-0.05, 0) is 29.2 Å². The van der Waals surface area contributed by atoms with Crippen molar-refractivity contribution in [3.05, 3.63) is 5.82 Å². The minimum absolute atomic E-state index is 0.428. The molecule has 0 spiro atoms. The molecule has 3 rings (SSSR count). The van der Waals surface area contributed by atoms with Crippen LogP contribution in [0, 0.1) is 11.3 Å². The molecule has 0 radical (unpaired) electrons. The first-order valence-corrected chi connectivity index (χ1v) is 7.18. The highest BCUT2D eigenvalue weighted by Gasteiger charge is 2.51. The Balaban J connectivity index is 1.66. The lowest BCUT2D eigenvalue weighted by molar-refractivity contribution is -0.144. The van der Waals surface area contributed by atoms with Gasteiger partial charge in [-0.15, -0.1) is 5.10 Å². The fourth-order valence-corrected chi connectivity index (χ4v) is 3.02. The minimum atomic E-state index is -0.716. The lowest BCUT2D eigenvalue weighted by Gasteiger charge is -2.21. The van der Waals surface area contributed by atoms with Crippen LogP contribution in [0.25, 0.3) is 0 Å². The monoisotopic (exact) mass is 264 g/mol. The molecule has 1 aromatic rings. The Kier molecular flexibility index (Phi) is 3.24. The summed E-state index contributed by atoms with van der Waals surface area (Å²) < 4.78 is 1.72. The summed E-state index contributed by atoms with van der Waals surface area (Å²) in [4.78, 5) is 11.2. The second kappa shape index (κ2) is 4.90. The summed E-state index contributed by atoms with van der Waals surface area (Å²) in [7, 11) is 0. The number of rotatable bonds is 5. The van der Waals surface area contributed by atoms with Crippen molar-refractivity contribution in [2.75, 3.05) is 0 Å². The van der Waals surface area contributed by atoms with Crippen LogP contribution in [0.3, 0.4) is 0 Å². The van der Waals surface area contributed by atoms with Gasteiger partial charge in [0.05, 0.1) is 12.0 Å². The van der Waals surface area contributed by atoms with Crippen LogP contribution in [0.15, 0.2) is 0 Å². The summed E-state index contributed by atoms with van der Waals surface area (Å²) in [6.45, 7) is 0.428. The SMILES string of the molecule is O=C(O)C1(Cn2nnnc2CC2CCCCC2)CC1. The molecule has 0 saturated heterocycles. The molecule has 0 atom stereocenters. The molecule has 6 heteroatoms.